The van der Waals surface area contributed by atoms with E-state index in [0.717, 1.165) is 15.6 Å². The molecule has 0 radical (unpaired) electrons. The summed E-state index contributed by atoms with van der Waals surface area (Å²) >= 11 is 3.42. The molecule has 104 valence electrons. The molecule has 2 aliphatic rings. The van der Waals surface area contributed by atoms with Crippen molar-refractivity contribution in [2.24, 2.45) is 0 Å². The molecule has 1 aromatic rings. The van der Waals surface area contributed by atoms with Crippen LogP contribution >= 0.6 is 15.9 Å². The van der Waals surface area contributed by atoms with Crippen LogP contribution in [-0.4, -0.2) is 28.7 Å². The highest BCUT2D eigenvalue weighted by Gasteiger charge is 2.39. The molecule has 1 saturated heterocycles. The van der Waals surface area contributed by atoms with E-state index in [0.29, 0.717) is 18.5 Å². The lowest BCUT2D eigenvalue weighted by Gasteiger charge is -2.29. The van der Waals surface area contributed by atoms with Gasteiger partial charge in [0.25, 0.3) is 5.91 Å². The van der Waals surface area contributed by atoms with Crippen LogP contribution in [0.25, 0.3) is 0 Å². The molecule has 3 rings (SSSR count). The maximum absolute atomic E-state index is 12.5. The molecule has 0 aliphatic carbocycles. The number of benzene rings is 1. The highest BCUT2D eigenvalue weighted by atomic mass is 79.9. The van der Waals surface area contributed by atoms with Crippen molar-refractivity contribution in [1.29, 1.82) is 0 Å². The van der Waals surface area contributed by atoms with Gasteiger partial charge >= 0.3 is 0 Å². The van der Waals surface area contributed by atoms with Gasteiger partial charge in [0, 0.05) is 23.0 Å². The molecule has 3 amide bonds. The zero-order valence-corrected chi connectivity index (χ0v) is 12.5. The van der Waals surface area contributed by atoms with Crippen LogP contribution in [0.2, 0.25) is 0 Å². The third kappa shape index (κ3) is 2.04. The highest BCUT2D eigenvalue weighted by molar-refractivity contribution is 9.10. The number of piperidine rings is 1. The van der Waals surface area contributed by atoms with E-state index in [1.807, 2.05) is 19.1 Å². The highest BCUT2D eigenvalue weighted by Crippen LogP contribution is 2.31. The van der Waals surface area contributed by atoms with E-state index in [-0.39, 0.29) is 24.1 Å². The lowest BCUT2D eigenvalue weighted by molar-refractivity contribution is -0.136. The van der Waals surface area contributed by atoms with Crippen molar-refractivity contribution in [3.63, 3.8) is 0 Å². The fraction of sp³-hybridized carbons (Fsp3) is 0.357. The number of nitrogens with one attached hydrogen (secondary N) is 1. The number of amides is 3. The minimum atomic E-state index is -0.550. The van der Waals surface area contributed by atoms with Crippen molar-refractivity contribution in [2.45, 2.75) is 32.4 Å². The quantitative estimate of drug-likeness (QED) is 0.790. The van der Waals surface area contributed by atoms with Crippen molar-refractivity contribution in [3.8, 4) is 0 Å². The number of halogens is 1. The van der Waals surface area contributed by atoms with Crippen molar-refractivity contribution in [3.05, 3.63) is 33.3 Å². The molecule has 1 fully saturated rings. The molecule has 0 saturated carbocycles. The molecule has 1 aromatic carbocycles. The first kappa shape index (κ1) is 13.3. The average Bonchev–Trinajstić information content (AvgIpc) is 2.66. The van der Waals surface area contributed by atoms with Gasteiger partial charge in [0.15, 0.2) is 0 Å². The van der Waals surface area contributed by atoms with E-state index in [2.05, 4.69) is 21.2 Å². The van der Waals surface area contributed by atoms with Gasteiger partial charge in [-0.25, -0.2) is 0 Å². The molecule has 1 atom stereocenters. The van der Waals surface area contributed by atoms with Crippen LogP contribution in [0, 0.1) is 6.92 Å². The second kappa shape index (κ2) is 4.70. The molecule has 6 heteroatoms. The maximum atomic E-state index is 12.5. The van der Waals surface area contributed by atoms with Crippen LogP contribution in [0.3, 0.4) is 0 Å². The summed E-state index contributed by atoms with van der Waals surface area (Å²) in [5.41, 5.74) is 2.50. The Morgan fingerprint density at radius 3 is 2.75 bits per heavy atom. The Hall–Kier alpha value is -1.69. The van der Waals surface area contributed by atoms with Gasteiger partial charge < -0.3 is 4.90 Å². The van der Waals surface area contributed by atoms with Crippen molar-refractivity contribution in [1.82, 2.24) is 10.2 Å². The van der Waals surface area contributed by atoms with Crippen LogP contribution in [0.15, 0.2) is 16.6 Å². The zero-order valence-electron chi connectivity index (χ0n) is 10.9. The second-order valence-corrected chi connectivity index (χ2v) is 6.07. The molecular formula is C14H13BrN2O3. The maximum Gasteiger partial charge on any atom is 0.255 e. The normalized spacial score (nSPS) is 22.0. The number of nitrogens with zero attached hydrogens (tertiary/aromatic N) is 1. The second-order valence-electron chi connectivity index (χ2n) is 5.16. The molecule has 20 heavy (non-hydrogen) atoms. The van der Waals surface area contributed by atoms with Crippen molar-refractivity contribution in [2.75, 3.05) is 0 Å². The smallest absolute Gasteiger partial charge is 0.255 e. The molecule has 1 N–H and O–H groups in total. The van der Waals surface area contributed by atoms with Crippen LogP contribution in [0.5, 0.6) is 0 Å². The SMILES string of the molecule is Cc1cc(Br)cc2c1C(=O)N(C1CCC(=O)NC1=O)C2. The Bertz CT molecular complexity index is 642. The number of fused-ring (bicyclic) bond motifs is 1. The van der Waals surface area contributed by atoms with Gasteiger partial charge in [-0.2, -0.15) is 0 Å². The molecule has 2 aliphatic heterocycles. The van der Waals surface area contributed by atoms with Gasteiger partial charge in [0.2, 0.25) is 11.8 Å². The summed E-state index contributed by atoms with van der Waals surface area (Å²) < 4.78 is 0.923. The first-order chi connectivity index (χ1) is 9.47. The lowest BCUT2D eigenvalue weighted by Crippen LogP contribution is -2.52. The van der Waals surface area contributed by atoms with Gasteiger partial charge in [-0.1, -0.05) is 15.9 Å². The number of hydrogen-bond acceptors (Lipinski definition) is 3. The predicted molar refractivity (Wildman–Crippen MR) is 74.9 cm³/mol. The Balaban J connectivity index is 1.92. The van der Waals surface area contributed by atoms with E-state index in [4.69, 9.17) is 0 Å². The number of carbonyl (C=O) groups is 3. The van der Waals surface area contributed by atoms with Gasteiger partial charge in [-0.15, -0.1) is 0 Å². The van der Waals surface area contributed by atoms with Crippen molar-refractivity contribution < 1.29 is 14.4 Å². The number of rotatable bonds is 1. The summed E-state index contributed by atoms with van der Waals surface area (Å²) in [7, 11) is 0. The molecule has 2 heterocycles. The third-order valence-corrected chi connectivity index (χ3v) is 4.24. The van der Waals surface area contributed by atoms with Crippen LogP contribution in [0.4, 0.5) is 0 Å². The minimum Gasteiger partial charge on any atom is -0.322 e. The van der Waals surface area contributed by atoms with Crippen molar-refractivity contribution >= 4 is 33.7 Å². The molecule has 1 unspecified atom stereocenters. The predicted octanol–water partition coefficient (Wildman–Crippen LogP) is 1.52. The van der Waals surface area contributed by atoms with Gasteiger partial charge in [0.05, 0.1) is 0 Å². The summed E-state index contributed by atoms with van der Waals surface area (Å²) in [5.74, 6) is -0.770. The molecule has 0 bridgehead atoms. The number of aryl methyl sites for hydroxylation is 1. The third-order valence-electron chi connectivity index (χ3n) is 3.78. The minimum absolute atomic E-state index is 0.125. The molecule has 0 aromatic heterocycles. The van der Waals surface area contributed by atoms with Crippen LogP contribution in [0.1, 0.15) is 34.3 Å². The summed E-state index contributed by atoms with van der Waals surface area (Å²) in [6.07, 6.45) is 0.670. The monoisotopic (exact) mass is 336 g/mol. The van der Waals surface area contributed by atoms with Crippen LogP contribution < -0.4 is 5.32 Å². The molecule has 5 nitrogen and oxygen atoms in total. The summed E-state index contributed by atoms with van der Waals surface area (Å²) in [6.45, 7) is 2.30. The van der Waals surface area contributed by atoms with Gasteiger partial charge in [0.1, 0.15) is 6.04 Å². The number of carbonyl (C=O) groups excluding carboxylic acids is 3. The first-order valence-electron chi connectivity index (χ1n) is 6.41. The van der Waals surface area contributed by atoms with E-state index in [1.165, 1.54) is 0 Å². The lowest BCUT2D eigenvalue weighted by atomic mass is 10.0. The van der Waals surface area contributed by atoms with E-state index < -0.39 is 6.04 Å². The van der Waals surface area contributed by atoms with E-state index in [9.17, 15) is 14.4 Å². The van der Waals surface area contributed by atoms with E-state index >= 15 is 0 Å². The fourth-order valence-electron chi connectivity index (χ4n) is 2.87. The average molecular weight is 337 g/mol. The molecular weight excluding hydrogens is 324 g/mol. The summed E-state index contributed by atoms with van der Waals surface area (Å²) in [4.78, 5) is 37.2. The Labute approximate surface area is 124 Å². The standard InChI is InChI=1S/C14H13BrN2O3/c1-7-4-9(15)5-8-6-17(14(20)12(7)8)10-2-3-11(18)16-13(10)19/h4-5,10H,2-3,6H2,1H3,(H,16,18,19). The van der Waals surface area contributed by atoms with Gasteiger partial charge in [-0.3, -0.25) is 19.7 Å². The van der Waals surface area contributed by atoms with Gasteiger partial charge in [-0.05, 0) is 36.6 Å². The molecule has 0 spiro atoms. The Morgan fingerprint density at radius 1 is 1.30 bits per heavy atom. The largest absolute Gasteiger partial charge is 0.322 e. The number of imide groups is 1. The zero-order chi connectivity index (χ0) is 14.4. The summed E-state index contributed by atoms with van der Waals surface area (Å²) in [5, 5.41) is 2.30. The summed E-state index contributed by atoms with van der Waals surface area (Å²) in [6, 6.07) is 3.25. The van der Waals surface area contributed by atoms with Crippen LogP contribution in [-0.2, 0) is 16.1 Å². The Kier molecular flexibility index (Phi) is 3.12. The topological polar surface area (TPSA) is 66.5 Å². The van der Waals surface area contributed by atoms with E-state index in [1.54, 1.807) is 4.90 Å². The Morgan fingerprint density at radius 2 is 2.05 bits per heavy atom. The first-order valence-corrected chi connectivity index (χ1v) is 7.20. The fourth-order valence-corrected chi connectivity index (χ4v) is 3.49. The number of hydrogen-bond donors (Lipinski definition) is 1.